The first-order valence-corrected chi connectivity index (χ1v) is 8.18. The predicted molar refractivity (Wildman–Crippen MR) is 87.9 cm³/mol. The molecule has 23 heavy (non-hydrogen) atoms. The van der Waals surface area contributed by atoms with Crippen molar-refractivity contribution in [3.05, 3.63) is 36.0 Å². The summed E-state index contributed by atoms with van der Waals surface area (Å²) in [6, 6.07) is 8.05. The molecule has 0 spiro atoms. The fourth-order valence-electron chi connectivity index (χ4n) is 3.12. The Balaban J connectivity index is 1.56. The minimum Gasteiger partial charge on any atom is -0.466 e. The first kappa shape index (κ1) is 15.6. The molecule has 0 unspecified atom stereocenters. The molecule has 0 bridgehead atoms. The number of aromatic amines is 1. The number of piperidine rings is 1. The highest BCUT2D eigenvalue weighted by Gasteiger charge is 2.28. The van der Waals surface area contributed by atoms with Crippen molar-refractivity contribution < 1.29 is 14.3 Å². The van der Waals surface area contributed by atoms with Crippen molar-refractivity contribution in [3.63, 3.8) is 0 Å². The minimum absolute atomic E-state index is 0.0600. The van der Waals surface area contributed by atoms with Crippen LogP contribution in [0, 0.1) is 5.92 Å². The third kappa shape index (κ3) is 3.55. The molecule has 0 radical (unpaired) electrons. The Morgan fingerprint density at radius 2 is 2.04 bits per heavy atom. The lowest BCUT2D eigenvalue weighted by Gasteiger charge is -2.31. The van der Waals surface area contributed by atoms with E-state index in [-0.39, 0.29) is 17.8 Å². The molecular formula is C18H22N2O3. The van der Waals surface area contributed by atoms with Gasteiger partial charge in [0.15, 0.2) is 0 Å². The molecule has 5 nitrogen and oxygen atoms in total. The molecule has 2 heterocycles. The lowest BCUT2D eigenvalue weighted by atomic mass is 9.96. The van der Waals surface area contributed by atoms with E-state index in [1.165, 1.54) is 0 Å². The number of hydrogen-bond donors (Lipinski definition) is 1. The fourth-order valence-corrected chi connectivity index (χ4v) is 3.12. The van der Waals surface area contributed by atoms with Gasteiger partial charge in [-0.05, 0) is 48.9 Å². The summed E-state index contributed by atoms with van der Waals surface area (Å²) in [5.41, 5.74) is 2.10. The second kappa shape index (κ2) is 6.86. The molecule has 1 fully saturated rings. The Labute approximate surface area is 135 Å². The van der Waals surface area contributed by atoms with Crippen LogP contribution in [0.4, 0.5) is 0 Å². The van der Waals surface area contributed by atoms with Gasteiger partial charge in [0, 0.05) is 24.8 Å². The van der Waals surface area contributed by atoms with Crippen LogP contribution in [0.2, 0.25) is 0 Å². The van der Waals surface area contributed by atoms with Crippen LogP contribution in [0.5, 0.6) is 0 Å². The van der Waals surface area contributed by atoms with Gasteiger partial charge in [0.1, 0.15) is 0 Å². The number of H-pyrrole nitrogens is 1. The second-order valence-corrected chi connectivity index (χ2v) is 5.98. The van der Waals surface area contributed by atoms with E-state index < -0.39 is 0 Å². The summed E-state index contributed by atoms with van der Waals surface area (Å²) in [6.07, 6.45) is 3.70. The van der Waals surface area contributed by atoms with E-state index in [4.69, 9.17) is 4.74 Å². The van der Waals surface area contributed by atoms with Gasteiger partial charge in [-0.3, -0.25) is 9.59 Å². The average molecular weight is 314 g/mol. The third-order valence-corrected chi connectivity index (χ3v) is 4.44. The molecule has 5 heteroatoms. The van der Waals surface area contributed by atoms with Crippen LogP contribution < -0.4 is 0 Å². The SMILES string of the molecule is CCOC(=O)C1CCN(C(=O)Cc2ccc3[nH]ccc3c2)CC1. The Bertz CT molecular complexity index is 699. The van der Waals surface area contributed by atoms with Crippen molar-refractivity contribution in [1.29, 1.82) is 0 Å². The molecule has 1 aromatic heterocycles. The van der Waals surface area contributed by atoms with Crippen LogP contribution in [0.25, 0.3) is 10.9 Å². The van der Waals surface area contributed by atoms with Crippen LogP contribution in [0.1, 0.15) is 25.3 Å². The van der Waals surface area contributed by atoms with Crippen LogP contribution in [-0.2, 0) is 20.7 Å². The molecule has 0 atom stereocenters. The van der Waals surface area contributed by atoms with Crippen molar-refractivity contribution >= 4 is 22.8 Å². The van der Waals surface area contributed by atoms with Crippen molar-refractivity contribution in [1.82, 2.24) is 9.88 Å². The fraction of sp³-hybridized carbons (Fsp3) is 0.444. The summed E-state index contributed by atoms with van der Waals surface area (Å²) < 4.78 is 5.06. The number of nitrogens with one attached hydrogen (secondary N) is 1. The maximum Gasteiger partial charge on any atom is 0.309 e. The zero-order valence-corrected chi connectivity index (χ0v) is 13.4. The summed E-state index contributed by atoms with van der Waals surface area (Å²) >= 11 is 0. The van der Waals surface area contributed by atoms with Crippen molar-refractivity contribution in [2.24, 2.45) is 5.92 Å². The number of carbonyl (C=O) groups excluding carboxylic acids is 2. The number of rotatable bonds is 4. The topological polar surface area (TPSA) is 62.4 Å². The minimum atomic E-state index is -0.127. The van der Waals surface area contributed by atoms with E-state index >= 15 is 0 Å². The summed E-state index contributed by atoms with van der Waals surface area (Å²) in [7, 11) is 0. The van der Waals surface area contributed by atoms with Gasteiger partial charge in [-0.1, -0.05) is 6.07 Å². The monoisotopic (exact) mass is 314 g/mol. The Hall–Kier alpha value is -2.30. The highest BCUT2D eigenvalue weighted by Crippen LogP contribution is 2.20. The smallest absolute Gasteiger partial charge is 0.309 e. The van der Waals surface area contributed by atoms with Gasteiger partial charge in [0.25, 0.3) is 0 Å². The Kier molecular flexibility index (Phi) is 4.65. The number of ether oxygens (including phenoxy) is 1. The summed E-state index contributed by atoms with van der Waals surface area (Å²) in [5, 5.41) is 1.12. The largest absolute Gasteiger partial charge is 0.466 e. The zero-order chi connectivity index (χ0) is 16.2. The number of carbonyl (C=O) groups is 2. The summed E-state index contributed by atoms with van der Waals surface area (Å²) in [5.74, 6) is -0.0603. The summed E-state index contributed by atoms with van der Waals surface area (Å²) in [6.45, 7) is 3.50. The number of aromatic nitrogens is 1. The van der Waals surface area contributed by atoms with Gasteiger partial charge in [0.2, 0.25) is 5.91 Å². The molecule has 3 rings (SSSR count). The van der Waals surface area contributed by atoms with E-state index in [1.54, 1.807) is 0 Å². The molecular weight excluding hydrogens is 292 g/mol. The Morgan fingerprint density at radius 3 is 2.78 bits per heavy atom. The summed E-state index contributed by atoms with van der Waals surface area (Å²) in [4.78, 5) is 29.2. The quantitative estimate of drug-likeness (QED) is 0.882. The predicted octanol–water partition coefficient (Wildman–Crippen LogP) is 2.51. The molecule has 1 aromatic carbocycles. The van der Waals surface area contributed by atoms with Gasteiger partial charge in [-0.25, -0.2) is 0 Å². The van der Waals surface area contributed by atoms with Crippen LogP contribution in [-0.4, -0.2) is 41.5 Å². The van der Waals surface area contributed by atoms with Crippen LogP contribution in [0.3, 0.4) is 0 Å². The lowest BCUT2D eigenvalue weighted by Crippen LogP contribution is -2.41. The average Bonchev–Trinajstić information content (AvgIpc) is 3.03. The van der Waals surface area contributed by atoms with E-state index in [9.17, 15) is 9.59 Å². The molecule has 1 N–H and O–H groups in total. The van der Waals surface area contributed by atoms with Gasteiger partial charge < -0.3 is 14.6 Å². The number of likely N-dealkylation sites (tertiary alicyclic amines) is 1. The molecule has 1 aliphatic rings. The standard InChI is InChI=1S/C18H22N2O3/c1-2-23-18(22)14-6-9-20(10-7-14)17(21)12-13-3-4-16-15(11-13)5-8-19-16/h3-5,8,11,14,19H,2,6-7,9-10,12H2,1H3. The molecule has 1 aliphatic heterocycles. The highest BCUT2D eigenvalue weighted by atomic mass is 16.5. The maximum absolute atomic E-state index is 12.4. The number of nitrogens with zero attached hydrogens (tertiary/aromatic N) is 1. The third-order valence-electron chi connectivity index (χ3n) is 4.44. The van der Waals surface area contributed by atoms with Gasteiger partial charge in [-0.15, -0.1) is 0 Å². The molecule has 0 saturated carbocycles. The number of esters is 1. The van der Waals surface area contributed by atoms with E-state index in [0.29, 0.717) is 39.0 Å². The number of hydrogen-bond acceptors (Lipinski definition) is 3. The van der Waals surface area contributed by atoms with Crippen LogP contribution in [0.15, 0.2) is 30.5 Å². The molecule has 0 aliphatic carbocycles. The van der Waals surface area contributed by atoms with Gasteiger partial charge >= 0.3 is 5.97 Å². The zero-order valence-electron chi connectivity index (χ0n) is 13.4. The second-order valence-electron chi connectivity index (χ2n) is 5.98. The van der Waals surface area contributed by atoms with Crippen molar-refractivity contribution in [2.75, 3.05) is 19.7 Å². The number of fused-ring (bicyclic) bond motifs is 1. The van der Waals surface area contributed by atoms with Gasteiger partial charge in [0.05, 0.1) is 18.9 Å². The molecule has 1 saturated heterocycles. The number of amides is 1. The Morgan fingerprint density at radius 1 is 1.26 bits per heavy atom. The van der Waals surface area contributed by atoms with Crippen molar-refractivity contribution in [2.45, 2.75) is 26.2 Å². The molecule has 122 valence electrons. The van der Waals surface area contributed by atoms with E-state index in [2.05, 4.69) is 11.1 Å². The van der Waals surface area contributed by atoms with E-state index in [0.717, 1.165) is 16.5 Å². The maximum atomic E-state index is 12.4. The normalized spacial score (nSPS) is 15.8. The van der Waals surface area contributed by atoms with Crippen LogP contribution >= 0.6 is 0 Å². The van der Waals surface area contributed by atoms with E-state index in [1.807, 2.05) is 36.2 Å². The van der Waals surface area contributed by atoms with Gasteiger partial charge in [-0.2, -0.15) is 0 Å². The van der Waals surface area contributed by atoms with Crippen molar-refractivity contribution in [3.8, 4) is 0 Å². The highest BCUT2D eigenvalue weighted by molar-refractivity contribution is 5.84. The first-order valence-electron chi connectivity index (χ1n) is 8.18. The molecule has 1 amide bonds. The lowest BCUT2D eigenvalue weighted by molar-refractivity contribution is -0.151. The number of benzene rings is 1. The molecule has 2 aromatic rings. The first-order chi connectivity index (χ1) is 11.2.